The number of fused-ring (bicyclic) bond motifs is 2. The molecule has 192 valence electrons. The molecule has 2 heterocycles. The standard InChI is InChI=1S/C28H36BrN5O2/c1-16-11-22(25(35)30-23-13-28(23)10-9-18-12-19(29)7-8-20(18)28)33(14-16)26(36)24(27(2,3)4)34-15-21(31-32-34)17-5-6-17/h7-8,12,15-17,22-24H,5-6,9-11,13-14H2,1-4H3,(H,30,35). The van der Waals surface area contributed by atoms with E-state index in [1.165, 1.54) is 11.1 Å². The van der Waals surface area contributed by atoms with Crippen LogP contribution in [0.2, 0.25) is 0 Å². The third-order valence-electron chi connectivity index (χ3n) is 8.77. The minimum Gasteiger partial charge on any atom is -0.351 e. The molecule has 1 aliphatic heterocycles. The first-order valence-electron chi connectivity index (χ1n) is 13.4. The number of halogens is 1. The maximum absolute atomic E-state index is 14.0. The fourth-order valence-electron chi connectivity index (χ4n) is 6.64. The molecule has 5 atom stereocenters. The molecule has 3 aliphatic carbocycles. The Morgan fingerprint density at radius 1 is 1.25 bits per heavy atom. The quantitative estimate of drug-likeness (QED) is 0.590. The smallest absolute Gasteiger partial charge is 0.248 e. The number of carbonyl (C=O) groups excluding carboxylic acids is 2. The van der Waals surface area contributed by atoms with Gasteiger partial charge in [0.15, 0.2) is 0 Å². The normalized spacial score (nSPS) is 29.9. The highest BCUT2D eigenvalue weighted by Crippen LogP contribution is 2.57. The molecule has 1 spiro atoms. The number of hydrogen-bond donors (Lipinski definition) is 1. The number of hydrogen-bond acceptors (Lipinski definition) is 4. The van der Waals surface area contributed by atoms with Crippen LogP contribution < -0.4 is 5.32 Å². The molecule has 4 aliphatic rings. The van der Waals surface area contributed by atoms with Crippen LogP contribution in [0.3, 0.4) is 0 Å². The molecule has 5 unspecified atom stereocenters. The summed E-state index contributed by atoms with van der Waals surface area (Å²) in [5.41, 5.74) is 3.46. The highest BCUT2D eigenvalue weighted by atomic mass is 79.9. The Bertz CT molecular complexity index is 1210. The van der Waals surface area contributed by atoms with Crippen LogP contribution in [-0.2, 0) is 21.4 Å². The molecule has 1 N–H and O–H groups in total. The molecule has 2 amide bonds. The Hall–Kier alpha value is -2.22. The summed E-state index contributed by atoms with van der Waals surface area (Å²) in [5, 5.41) is 12.1. The summed E-state index contributed by atoms with van der Waals surface area (Å²) >= 11 is 3.58. The Morgan fingerprint density at radius 3 is 2.75 bits per heavy atom. The number of aryl methyl sites for hydroxylation is 1. The van der Waals surface area contributed by atoms with Crippen molar-refractivity contribution in [2.45, 2.75) is 95.7 Å². The van der Waals surface area contributed by atoms with Gasteiger partial charge in [-0.3, -0.25) is 9.59 Å². The molecule has 1 aromatic carbocycles. The van der Waals surface area contributed by atoms with E-state index < -0.39 is 12.1 Å². The minimum atomic E-state index is -0.495. The van der Waals surface area contributed by atoms with Gasteiger partial charge in [0.25, 0.3) is 0 Å². The molecule has 0 radical (unpaired) electrons. The molecule has 36 heavy (non-hydrogen) atoms. The second-order valence-corrected chi connectivity index (χ2v) is 13.7. The molecule has 2 saturated carbocycles. The number of aromatic nitrogens is 3. The van der Waals surface area contributed by atoms with Crippen LogP contribution in [0.5, 0.6) is 0 Å². The van der Waals surface area contributed by atoms with Gasteiger partial charge in [0.2, 0.25) is 11.8 Å². The third-order valence-corrected chi connectivity index (χ3v) is 9.27. The number of likely N-dealkylation sites (tertiary alicyclic amines) is 1. The van der Waals surface area contributed by atoms with Gasteiger partial charge in [-0.2, -0.15) is 0 Å². The lowest BCUT2D eigenvalue weighted by Gasteiger charge is -2.34. The second kappa shape index (κ2) is 8.40. The van der Waals surface area contributed by atoms with Crippen molar-refractivity contribution in [2.24, 2.45) is 11.3 Å². The molecule has 6 rings (SSSR count). The van der Waals surface area contributed by atoms with Crippen LogP contribution in [0.25, 0.3) is 0 Å². The van der Waals surface area contributed by atoms with E-state index >= 15 is 0 Å². The molecule has 8 heteroatoms. The molecule has 3 fully saturated rings. The van der Waals surface area contributed by atoms with E-state index in [4.69, 9.17) is 0 Å². The summed E-state index contributed by atoms with van der Waals surface area (Å²) in [6.07, 6.45) is 8.05. The van der Waals surface area contributed by atoms with Gasteiger partial charge in [0.05, 0.1) is 5.69 Å². The fraction of sp³-hybridized carbons (Fsp3) is 0.643. The van der Waals surface area contributed by atoms with E-state index in [9.17, 15) is 9.59 Å². The monoisotopic (exact) mass is 553 g/mol. The molecule has 1 aromatic heterocycles. The highest BCUT2D eigenvalue weighted by molar-refractivity contribution is 9.10. The summed E-state index contributed by atoms with van der Waals surface area (Å²) in [6, 6.07) is 5.75. The van der Waals surface area contributed by atoms with E-state index in [0.29, 0.717) is 18.9 Å². The average molecular weight is 555 g/mol. The van der Waals surface area contributed by atoms with E-state index in [1.54, 1.807) is 4.68 Å². The second-order valence-electron chi connectivity index (χ2n) is 12.7. The third kappa shape index (κ3) is 4.09. The van der Waals surface area contributed by atoms with Crippen molar-refractivity contribution in [2.75, 3.05) is 6.54 Å². The molecular weight excluding hydrogens is 518 g/mol. The Morgan fingerprint density at radius 2 is 2.03 bits per heavy atom. The first-order chi connectivity index (χ1) is 17.1. The molecule has 1 saturated heterocycles. The number of nitrogens with zero attached hydrogens (tertiary/aromatic N) is 4. The topological polar surface area (TPSA) is 80.1 Å². The van der Waals surface area contributed by atoms with Gasteiger partial charge < -0.3 is 10.2 Å². The number of benzene rings is 1. The minimum absolute atomic E-state index is 0.00921. The van der Waals surface area contributed by atoms with Crippen molar-refractivity contribution in [3.8, 4) is 0 Å². The van der Waals surface area contributed by atoms with E-state index in [-0.39, 0.29) is 34.6 Å². The van der Waals surface area contributed by atoms with Crippen LogP contribution in [0.15, 0.2) is 28.9 Å². The summed E-state index contributed by atoms with van der Waals surface area (Å²) < 4.78 is 2.86. The highest BCUT2D eigenvalue weighted by Gasteiger charge is 2.59. The maximum atomic E-state index is 14.0. The fourth-order valence-corrected chi connectivity index (χ4v) is 7.05. The van der Waals surface area contributed by atoms with Crippen LogP contribution in [0.1, 0.15) is 88.6 Å². The van der Waals surface area contributed by atoms with Crippen molar-refractivity contribution < 1.29 is 9.59 Å². The summed E-state index contributed by atoms with van der Waals surface area (Å²) in [4.78, 5) is 29.5. The lowest BCUT2D eigenvalue weighted by molar-refractivity contribution is -0.144. The predicted molar refractivity (Wildman–Crippen MR) is 140 cm³/mol. The number of carbonyl (C=O) groups is 2. The van der Waals surface area contributed by atoms with Crippen LogP contribution in [0.4, 0.5) is 0 Å². The van der Waals surface area contributed by atoms with Gasteiger partial charge in [-0.15, -0.1) is 5.10 Å². The Kier molecular flexibility index (Phi) is 5.63. The van der Waals surface area contributed by atoms with Crippen molar-refractivity contribution in [3.05, 3.63) is 45.7 Å². The zero-order chi connectivity index (χ0) is 25.4. The van der Waals surface area contributed by atoms with E-state index in [0.717, 1.165) is 42.3 Å². The van der Waals surface area contributed by atoms with Crippen LogP contribution >= 0.6 is 15.9 Å². The van der Waals surface area contributed by atoms with Gasteiger partial charge in [-0.25, -0.2) is 4.68 Å². The lowest BCUT2D eigenvalue weighted by Crippen LogP contribution is -2.51. The van der Waals surface area contributed by atoms with E-state index in [2.05, 4.69) is 77.5 Å². The van der Waals surface area contributed by atoms with Crippen molar-refractivity contribution in [1.29, 1.82) is 0 Å². The number of nitrogens with one attached hydrogen (secondary N) is 1. The Balaban J connectivity index is 1.20. The van der Waals surface area contributed by atoms with Gasteiger partial charge in [-0.05, 0) is 73.1 Å². The number of amides is 2. The van der Waals surface area contributed by atoms with Gasteiger partial charge in [0.1, 0.15) is 12.1 Å². The SMILES string of the molecule is CC1CC(C(=O)NC2CC23CCc2cc(Br)ccc23)N(C(=O)C(n2cc(C3CC3)nn2)C(C)(C)C)C1. The summed E-state index contributed by atoms with van der Waals surface area (Å²) in [6.45, 7) is 8.91. The van der Waals surface area contributed by atoms with Gasteiger partial charge in [-0.1, -0.05) is 54.9 Å². The number of rotatable bonds is 5. The molecule has 7 nitrogen and oxygen atoms in total. The maximum Gasteiger partial charge on any atom is 0.248 e. The van der Waals surface area contributed by atoms with Crippen molar-refractivity contribution in [3.63, 3.8) is 0 Å². The largest absolute Gasteiger partial charge is 0.351 e. The summed E-state index contributed by atoms with van der Waals surface area (Å²) in [5.74, 6) is 0.721. The van der Waals surface area contributed by atoms with Crippen LogP contribution in [-0.4, -0.2) is 50.3 Å². The van der Waals surface area contributed by atoms with Crippen molar-refractivity contribution >= 4 is 27.7 Å². The first kappa shape index (κ1) is 24.1. The van der Waals surface area contributed by atoms with Gasteiger partial charge in [0, 0.05) is 34.6 Å². The molecule has 0 bridgehead atoms. The summed E-state index contributed by atoms with van der Waals surface area (Å²) in [7, 11) is 0. The van der Waals surface area contributed by atoms with Crippen LogP contribution in [0, 0.1) is 11.3 Å². The first-order valence-corrected chi connectivity index (χ1v) is 14.2. The van der Waals surface area contributed by atoms with Gasteiger partial charge >= 0.3 is 0 Å². The van der Waals surface area contributed by atoms with E-state index in [1.807, 2.05) is 11.1 Å². The molecule has 2 aromatic rings. The lowest BCUT2D eigenvalue weighted by atomic mass is 9.85. The zero-order valence-electron chi connectivity index (χ0n) is 21.6. The van der Waals surface area contributed by atoms with Crippen molar-refractivity contribution in [1.82, 2.24) is 25.2 Å². The predicted octanol–water partition coefficient (Wildman–Crippen LogP) is 4.51. The average Bonchev–Trinajstić information content (AvgIpc) is 3.61. The zero-order valence-corrected chi connectivity index (χ0v) is 23.2. The molecular formula is C28H36BrN5O2. The Labute approximate surface area is 221 Å².